The van der Waals surface area contributed by atoms with E-state index in [-0.39, 0.29) is 11.4 Å². The Labute approximate surface area is 147 Å². The third kappa shape index (κ3) is 4.65. The van der Waals surface area contributed by atoms with E-state index < -0.39 is 10.0 Å². The van der Waals surface area contributed by atoms with Crippen molar-refractivity contribution < 1.29 is 12.8 Å². The molecular formula is C19H18N2O3S. The molecule has 0 aliphatic rings. The van der Waals surface area contributed by atoms with Crippen LogP contribution in [0, 0.1) is 6.92 Å². The van der Waals surface area contributed by atoms with Crippen LogP contribution in [-0.4, -0.2) is 14.6 Å². The van der Waals surface area contributed by atoms with E-state index in [0.29, 0.717) is 11.5 Å². The minimum atomic E-state index is -3.55. The van der Waals surface area contributed by atoms with Crippen molar-refractivity contribution in [2.45, 2.75) is 18.4 Å². The highest BCUT2D eigenvalue weighted by molar-refractivity contribution is 7.89. The van der Waals surface area contributed by atoms with Crippen LogP contribution in [0.25, 0.3) is 0 Å². The maximum atomic E-state index is 12.2. The first-order valence-corrected chi connectivity index (χ1v) is 9.25. The number of aliphatic imine (C=N–C) groups is 1. The van der Waals surface area contributed by atoms with Gasteiger partial charge in [-0.25, -0.2) is 13.1 Å². The number of hydrogen-bond donors (Lipinski definition) is 1. The van der Waals surface area contributed by atoms with Gasteiger partial charge in [0.05, 0.1) is 23.3 Å². The summed E-state index contributed by atoms with van der Waals surface area (Å²) < 4.78 is 32.4. The van der Waals surface area contributed by atoms with Crippen LogP contribution in [0.2, 0.25) is 0 Å². The molecule has 0 amide bonds. The van der Waals surface area contributed by atoms with Gasteiger partial charge in [0.1, 0.15) is 11.5 Å². The summed E-state index contributed by atoms with van der Waals surface area (Å²) in [4.78, 5) is 4.55. The van der Waals surface area contributed by atoms with Crippen LogP contribution in [0.5, 0.6) is 0 Å². The zero-order valence-electron chi connectivity index (χ0n) is 13.7. The Morgan fingerprint density at radius 2 is 1.72 bits per heavy atom. The molecule has 128 valence electrons. The molecule has 0 fully saturated rings. The van der Waals surface area contributed by atoms with Gasteiger partial charge in [0.2, 0.25) is 10.0 Å². The highest BCUT2D eigenvalue weighted by Crippen LogP contribution is 2.14. The summed E-state index contributed by atoms with van der Waals surface area (Å²) in [6, 6.07) is 19.5. The fraction of sp³-hybridized carbons (Fsp3) is 0.105. The van der Waals surface area contributed by atoms with E-state index in [1.807, 2.05) is 31.2 Å². The summed E-state index contributed by atoms with van der Waals surface area (Å²) >= 11 is 0. The lowest BCUT2D eigenvalue weighted by Crippen LogP contribution is -2.22. The molecule has 0 saturated heterocycles. The van der Waals surface area contributed by atoms with Gasteiger partial charge in [0, 0.05) is 0 Å². The van der Waals surface area contributed by atoms with Gasteiger partial charge in [0.15, 0.2) is 0 Å². The summed E-state index contributed by atoms with van der Waals surface area (Å²) in [5, 5.41) is 0. The number of rotatable bonds is 6. The second kappa shape index (κ2) is 7.46. The molecule has 0 radical (unpaired) electrons. The van der Waals surface area contributed by atoms with E-state index in [1.165, 1.54) is 5.56 Å². The van der Waals surface area contributed by atoms with E-state index in [2.05, 4.69) is 9.71 Å². The maximum Gasteiger partial charge on any atom is 0.240 e. The number of benzene rings is 2. The highest BCUT2D eigenvalue weighted by Gasteiger charge is 2.13. The fourth-order valence-electron chi connectivity index (χ4n) is 2.18. The van der Waals surface area contributed by atoms with E-state index in [9.17, 15) is 8.42 Å². The first-order chi connectivity index (χ1) is 12.0. The highest BCUT2D eigenvalue weighted by atomic mass is 32.2. The Hall–Kier alpha value is -2.70. The molecule has 5 nitrogen and oxygen atoms in total. The van der Waals surface area contributed by atoms with Gasteiger partial charge >= 0.3 is 0 Å². The predicted octanol–water partition coefficient (Wildman–Crippen LogP) is 3.82. The topological polar surface area (TPSA) is 71.7 Å². The summed E-state index contributed by atoms with van der Waals surface area (Å²) in [5.41, 5.74) is 2.00. The summed E-state index contributed by atoms with van der Waals surface area (Å²) in [7, 11) is -3.55. The molecular weight excluding hydrogens is 336 g/mol. The van der Waals surface area contributed by atoms with Gasteiger partial charge in [-0.3, -0.25) is 4.99 Å². The zero-order valence-corrected chi connectivity index (χ0v) is 14.5. The molecule has 0 spiro atoms. The van der Waals surface area contributed by atoms with E-state index in [1.54, 1.807) is 48.7 Å². The van der Waals surface area contributed by atoms with Crippen molar-refractivity contribution >= 4 is 21.9 Å². The van der Waals surface area contributed by atoms with Crippen molar-refractivity contribution in [3.8, 4) is 0 Å². The molecule has 1 heterocycles. The van der Waals surface area contributed by atoms with Crippen molar-refractivity contribution in [2.24, 2.45) is 4.99 Å². The fourth-order valence-corrected chi connectivity index (χ4v) is 3.19. The number of nitrogens with zero attached hydrogens (tertiary/aromatic N) is 1. The molecule has 0 aliphatic heterocycles. The van der Waals surface area contributed by atoms with Crippen molar-refractivity contribution in [3.05, 3.63) is 83.8 Å². The molecule has 0 atom stereocenters. The van der Waals surface area contributed by atoms with Crippen molar-refractivity contribution in [1.82, 2.24) is 4.72 Å². The number of sulfonamides is 1. The predicted molar refractivity (Wildman–Crippen MR) is 97.6 cm³/mol. The molecule has 3 aromatic rings. The van der Waals surface area contributed by atoms with Gasteiger partial charge in [0.25, 0.3) is 0 Å². The summed E-state index contributed by atoms with van der Waals surface area (Å²) in [5.74, 6) is 1.08. The van der Waals surface area contributed by atoms with E-state index in [4.69, 9.17) is 4.42 Å². The average Bonchev–Trinajstić information content (AvgIpc) is 3.08. The van der Waals surface area contributed by atoms with Crippen LogP contribution in [0.15, 0.2) is 81.0 Å². The molecule has 25 heavy (non-hydrogen) atoms. The zero-order chi connectivity index (χ0) is 17.7. The summed E-state index contributed by atoms with van der Waals surface area (Å²) in [6.45, 7) is 2.10. The molecule has 0 aliphatic carbocycles. The molecule has 0 saturated carbocycles. The third-order valence-corrected chi connectivity index (χ3v) is 4.96. The van der Waals surface area contributed by atoms with E-state index in [0.717, 1.165) is 5.69 Å². The van der Waals surface area contributed by atoms with Gasteiger partial charge < -0.3 is 4.42 Å². The second-order valence-corrected chi connectivity index (χ2v) is 7.30. The molecule has 1 aromatic heterocycles. The number of furan rings is 1. The van der Waals surface area contributed by atoms with Crippen molar-refractivity contribution in [3.63, 3.8) is 0 Å². The standard InChI is InChI=1S/C19H18N2O3S/c1-15-7-9-16(10-8-15)20-13-17-11-12-18(24-17)14-21-25(22,23)19-5-3-2-4-6-19/h2-13,21H,14H2,1H3. The largest absolute Gasteiger partial charge is 0.459 e. The van der Waals surface area contributed by atoms with Crippen LogP contribution in [0.1, 0.15) is 17.1 Å². The van der Waals surface area contributed by atoms with Crippen LogP contribution in [0.4, 0.5) is 5.69 Å². The molecule has 0 bridgehead atoms. The van der Waals surface area contributed by atoms with Gasteiger partial charge in [-0.2, -0.15) is 0 Å². The Kier molecular flexibility index (Phi) is 5.11. The third-order valence-electron chi connectivity index (χ3n) is 3.55. The Bertz CT molecular complexity index is 959. The van der Waals surface area contributed by atoms with Gasteiger partial charge in [-0.15, -0.1) is 0 Å². The number of hydrogen-bond acceptors (Lipinski definition) is 4. The lowest BCUT2D eigenvalue weighted by Gasteiger charge is -2.04. The van der Waals surface area contributed by atoms with E-state index >= 15 is 0 Å². The Morgan fingerprint density at radius 3 is 2.44 bits per heavy atom. The normalized spacial score (nSPS) is 11.9. The van der Waals surface area contributed by atoms with Crippen LogP contribution >= 0.6 is 0 Å². The van der Waals surface area contributed by atoms with Gasteiger partial charge in [-0.1, -0.05) is 35.9 Å². The van der Waals surface area contributed by atoms with Crippen molar-refractivity contribution in [1.29, 1.82) is 0 Å². The first kappa shape index (κ1) is 17.1. The monoisotopic (exact) mass is 354 g/mol. The first-order valence-electron chi connectivity index (χ1n) is 7.77. The van der Waals surface area contributed by atoms with Crippen LogP contribution < -0.4 is 4.72 Å². The Morgan fingerprint density at radius 1 is 1.00 bits per heavy atom. The molecule has 0 unspecified atom stereocenters. The Balaban J connectivity index is 1.63. The van der Waals surface area contributed by atoms with Crippen molar-refractivity contribution in [2.75, 3.05) is 0 Å². The smallest absolute Gasteiger partial charge is 0.240 e. The quantitative estimate of drug-likeness (QED) is 0.684. The molecule has 1 N–H and O–H groups in total. The maximum absolute atomic E-state index is 12.2. The minimum absolute atomic E-state index is 0.0790. The lowest BCUT2D eigenvalue weighted by molar-refractivity contribution is 0.494. The average molecular weight is 354 g/mol. The van der Waals surface area contributed by atoms with Crippen LogP contribution in [-0.2, 0) is 16.6 Å². The molecule has 2 aromatic carbocycles. The molecule has 6 heteroatoms. The van der Waals surface area contributed by atoms with Gasteiger partial charge in [-0.05, 0) is 43.3 Å². The number of nitrogens with one attached hydrogen (secondary N) is 1. The molecule has 3 rings (SSSR count). The van der Waals surface area contributed by atoms with Crippen LogP contribution in [0.3, 0.4) is 0 Å². The minimum Gasteiger partial charge on any atom is -0.459 e. The SMILES string of the molecule is Cc1ccc(N=Cc2ccc(CNS(=O)(=O)c3ccccc3)o2)cc1. The number of aryl methyl sites for hydroxylation is 1. The summed E-state index contributed by atoms with van der Waals surface area (Å²) in [6.07, 6.45) is 1.61. The lowest BCUT2D eigenvalue weighted by atomic mass is 10.2. The second-order valence-electron chi connectivity index (χ2n) is 5.54.